The van der Waals surface area contributed by atoms with Gasteiger partial charge in [-0.1, -0.05) is 36.9 Å². The molecule has 28 heavy (non-hydrogen) atoms. The van der Waals surface area contributed by atoms with Crippen LogP contribution in [0, 0.1) is 0 Å². The maximum atomic E-state index is 12.7. The Labute approximate surface area is 160 Å². The van der Waals surface area contributed by atoms with Crippen molar-refractivity contribution in [3.05, 3.63) is 89.6 Å². The van der Waals surface area contributed by atoms with Crippen molar-refractivity contribution in [1.82, 2.24) is 10.3 Å². The van der Waals surface area contributed by atoms with Crippen molar-refractivity contribution in [2.45, 2.75) is 25.6 Å². The Balaban J connectivity index is 1.78. The lowest BCUT2D eigenvalue weighted by molar-refractivity contribution is -0.137. The van der Waals surface area contributed by atoms with Crippen molar-refractivity contribution in [3.63, 3.8) is 0 Å². The molecule has 3 nitrogen and oxygen atoms in total. The van der Waals surface area contributed by atoms with Crippen molar-refractivity contribution in [3.8, 4) is 0 Å². The number of fused-ring (bicyclic) bond motifs is 1. The molecule has 3 rings (SSSR count). The standard InChI is InChI=1S/C22H19F3N2O/c1-2-20(28)27-14-17-10-9-16(21-19(17)4-3-13-26-21)8-5-15-6-11-18(12-7-15)22(23,24)25/h2-4,6-7,9-13H,1,5,8,14H2,(H,27,28). The van der Waals surface area contributed by atoms with Gasteiger partial charge >= 0.3 is 6.18 Å². The number of nitrogens with one attached hydrogen (secondary N) is 1. The number of nitrogens with zero attached hydrogens (tertiary/aromatic N) is 1. The highest BCUT2D eigenvalue weighted by molar-refractivity contribution is 5.88. The fourth-order valence-corrected chi connectivity index (χ4v) is 3.04. The van der Waals surface area contributed by atoms with E-state index < -0.39 is 11.7 Å². The van der Waals surface area contributed by atoms with Crippen LogP contribution in [-0.4, -0.2) is 10.9 Å². The Bertz CT molecular complexity index is 995. The van der Waals surface area contributed by atoms with Crippen LogP contribution in [0.25, 0.3) is 10.9 Å². The van der Waals surface area contributed by atoms with Crippen molar-refractivity contribution >= 4 is 16.8 Å². The number of pyridine rings is 1. The van der Waals surface area contributed by atoms with E-state index in [-0.39, 0.29) is 5.91 Å². The quantitative estimate of drug-likeness (QED) is 0.618. The molecule has 0 bridgehead atoms. The first-order chi connectivity index (χ1) is 13.4. The zero-order valence-corrected chi connectivity index (χ0v) is 15.1. The molecular formula is C22H19F3N2O. The van der Waals surface area contributed by atoms with E-state index >= 15 is 0 Å². The summed E-state index contributed by atoms with van der Waals surface area (Å²) in [5, 5.41) is 3.70. The number of aromatic nitrogens is 1. The Hall–Kier alpha value is -3.15. The monoisotopic (exact) mass is 384 g/mol. The number of benzene rings is 2. The summed E-state index contributed by atoms with van der Waals surface area (Å²) in [6, 6.07) is 12.9. The van der Waals surface area contributed by atoms with Crippen LogP contribution in [-0.2, 0) is 30.4 Å². The molecule has 0 fully saturated rings. The maximum absolute atomic E-state index is 12.7. The number of alkyl halides is 3. The van der Waals surface area contributed by atoms with E-state index in [1.54, 1.807) is 6.20 Å². The van der Waals surface area contributed by atoms with Gasteiger partial charge in [0.05, 0.1) is 11.1 Å². The molecule has 1 heterocycles. The fourth-order valence-electron chi connectivity index (χ4n) is 3.04. The minimum absolute atomic E-state index is 0.247. The van der Waals surface area contributed by atoms with Gasteiger partial charge in [-0.25, -0.2) is 0 Å². The molecule has 0 aliphatic rings. The lowest BCUT2D eigenvalue weighted by Gasteiger charge is -2.12. The van der Waals surface area contributed by atoms with Crippen LogP contribution in [0.1, 0.15) is 22.3 Å². The number of rotatable bonds is 6. The summed E-state index contributed by atoms with van der Waals surface area (Å²) >= 11 is 0. The van der Waals surface area contributed by atoms with Crippen molar-refractivity contribution < 1.29 is 18.0 Å². The fraction of sp³-hybridized carbons (Fsp3) is 0.182. The van der Waals surface area contributed by atoms with Crippen molar-refractivity contribution in [2.24, 2.45) is 0 Å². The van der Waals surface area contributed by atoms with Gasteiger partial charge in [-0.05, 0) is 53.8 Å². The molecule has 1 N–H and O–H groups in total. The highest BCUT2D eigenvalue weighted by atomic mass is 19.4. The van der Waals surface area contributed by atoms with Gasteiger partial charge in [-0.3, -0.25) is 9.78 Å². The van der Waals surface area contributed by atoms with E-state index in [9.17, 15) is 18.0 Å². The van der Waals surface area contributed by atoms with Crippen LogP contribution < -0.4 is 5.32 Å². The normalized spacial score (nSPS) is 11.4. The van der Waals surface area contributed by atoms with Gasteiger partial charge in [-0.15, -0.1) is 0 Å². The second-order valence-corrected chi connectivity index (χ2v) is 6.40. The number of halogens is 3. The number of amides is 1. The molecule has 0 spiro atoms. The Morgan fingerprint density at radius 2 is 1.75 bits per heavy atom. The maximum Gasteiger partial charge on any atom is 0.416 e. The van der Waals surface area contributed by atoms with Crippen LogP contribution in [0.2, 0.25) is 0 Å². The van der Waals surface area contributed by atoms with E-state index in [1.165, 1.54) is 18.2 Å². The minimum atomic E-state index is -4.32. The third-order valence-corrected chi connectivity index (χ3v) is 4.55. The molecule has 0 aliphatic heterocycles. The largest absolute Gasteiger partial charge is 0.416 e. The number of aryl methyl sites for hydroxylation is 2. The lowest BCUT2D eigenvalue weighted by atomic mass is 9.98. The van der Waals surface area contributed by atoms with E-state index in [2.05, 4.69) is 16.9 Å². The van der Waals surface area contributed by atoms with Crippen LogP contribution in [0.5, 0.6) is 0 Å². The predicted molar refractivity (Wildman–Crippen MR) is 103 cm³/mol. The first-order valence-electron chi connectivity index (χ1n) is 8.80. The smallest absolute Gasteiger partial charge is 0.348 e. The molecule has 0 radical (unpaired) electrons. The Morgan fingerprint density at radius 1 is 1.04 bits per heavy atom. The average Bonchev–Trinajstić information content (AvgIpc) is 2.70. The molecular weight excluding hydrogens is 365 g/mol. The van der Waals surface area contributed by atoms with E-state index in [4.69, 9.17) is 0 Å². The third-order valence-electron chi connectivity index (χ3n) is 4.55. The van der Waals surface area contributed by atoms with Crippen LogP contribution in [0.3, 0.4) is 0 Å². The Kier molecular flexibility index (Phi) is 5.78. The molecule has 3 aromatic rings. The number of hydrogen-bond acceptors (Lipinski definition) is 2. The lowest BCUT2D eigenvalue weighted by Crippen LogP contribution is -2.20. The summed E-state index contributed by atoms with van der Waals surface area (Å²) in [5.74, 6) is -0.247. The molecule has 1 aromatic heterocycles. The third kappa shape index (κ3) is 4.57. The van der Waals surface area contributed by atoms with Crippen LogP contribution in [0.4, 0.5) is 13.2 Å². The van der Waals surface area contributed by atoms with Gasteiger partial charge in [0.1, 0.15) is 0 Å². The number of carbonyl (C=O) groups is 1. The average molecular weight is 384 g/mol. The molecule has 144 valence electrons. The van der Waals surface area contributed by atoms with Gasteiger partial charge in [0.25, 0.3) is 0 Å². The SMILES string of the molecule is C=CC(=O)NCc1ccc(CCc2ccc(C(F)(F)F)cc2)c2ncccc12. The summed E-state index contributed by atoms with van der Waals surface area (Å²) in [7, 11) is 0. The first kappa shape index (κ1) is 19.6. The van der Waals surface area contributed by atoms with Crippen LogP contribution >= 0.6 is 0 Å². The Morgan fingerprint density at radius 3 is 2.43 bits per heavy atom. The zero-order valence-electron chi connectivity index (χ0n) is 15.1. The van der Waals surface area contributed by atoms with Crippen molar-refractivity contribution in [1.29, 1.82) is 0 Å². The molecule has 6 heteroatoms. The van der Waals surface area contributed by atoms with Crippen LogP contribution in [0.15, 0.2) is 67.4 Å². The molecule has 0 aliphatic carbocycles. The van der Waals surface area contributed by atoms with Gasteiger partial charge in [0.2, 0.25) is 5.91 Å². The number of hydrogen-bond donors (Lipinski definition) is 1. The molecule has 0 saturated heterocycles. The second-order valence-electron chi connectivity index (χ2n) is 6.40. The zero-order chi connectivity index (χ0) is 20.1. The number of carbonyl (C=O) groups excluding carboxylic acids is 1. The molecule has 0 unspecified atom stereocenters. The van der Waals surface area contributed by atoms with Crippen molar-refractivity contribution in [2.75, 3.05) is 0 Å². The summed E-state index contributed by atoms with van der Waals surface area (Å²) < 4.78 is 38.0. The molecule has 2 aromatic carbocycles. The summed E-state index contributed by atoms with van der Waals surface area (Å²) in [6.45, 7) is 3.80. The molecule has 0 saturated carbocycles. The highest BCUT2D eigenvalue weighted by Gasteiger charge is 2.29. The summed E-state index contributed by atoms with van der Waals surface area (Å²) in [6.07, 6.45) is -0.140. The van der Waals surface area contributed by atoms with Gasteiger partial charge in [0.15, 0.2) is 0 Å². The van der Waals surface area contributed by atoms with E-state index in [0.717, 1.165) is 39.7 Å². The van der Waals surface area contributed by atoms with Gasteiger partial charge < -0.3 is 5.32 Å². The first-order valence-corrected chi connectivity index (χ1v) is 8.80. The molecule has 1 amide bonds. The van der Waals surface area contributed by atoms with Gasteiger partial charge in [0, 0.05) is 18.1 Å². The predicted octanol–water partition coefficient (Wildman–Crippen LogP) is 4.84. The highest BCUT2D eigenvalue weighted by Crippen LogP contribution is 2.29. The minimum Gasteiger partial charge on any atom is -0.348 e. The molecule has 0 atom stereocenters. The second kappa shape index (κ2) is 8.25. The topological polar surface area (TPSA) is 42.0 Å². The van der Waals surface area contributed by atoms with E-state index in [1.807, 2.05) is 24.3 Å². The van der Waals surface area contributed by atoms with E-state index in [0.29, 0.717) is 19.4 Å². The van der Waals surface area contributed by atoms with Gasteiger partial charge in [-0.2, -0.15) is 13.2 Å². The summed E-state index contributed by atoms with van der Waals surface area (Å²) in [5.41, 5.74) is 2.97. The summed E-state index contributed by atoms with van der Waals surface area (Å²) in [4.78, 5) is 15.9.